The van der Waals surface area contributed by atoms with E-state index in [2.05, 4.69) is 0 Å². The van der Waals surface area contributed by atoms with Crippen molar-refractivity contribution in [2.45, 2.75) is 32.8 Å². The van der Waals surface area contributed by atoms with E-state index in [0.717, 1.165) is 12.8 Å². The Morgan fingerprint density at radius 3 is 2.53 bits per heavy atom. The molecule has 1 aliphatic heterocycles. The van der Waals surface area contributed by atoms with Crippen molar-refractivity contribution in [2.24, 2.45) is 5.92 Å². The highest BCUT2D eigenvalue weighted by molar-refractivity contribution is 5.94. The molecule has 0 aliphatic carbocycles. The van der Waals surface area contributed by atoms with Gasteiger partial charge < -0.3 is 15.1 Å². The Labute approximate surface area is 113 Å². The van der Waals surface area contributed by atoms with Crippen LogP contribution in [0.5, 0.6) is 5.75 Å². The molecule has 0 spiro atoms. The number of benzene rings is 1. The maximum absolute atomic E-state index is 12.3. The average molecular weight is 263 g/mol. The number of hydrogen-bond donors (Lipinski definition) is 2. The zero-order chi connectivity index (χ0) is 14.0. The Morgan fingerprint density at radius 2 is 2.00 bits per heavy atom. The third kappa shape index (κ3) is 3.07. The summed E-state index contributed by atoms with van der Waals surface area (Å²) in [7, 11) is 0. The SMILES string of the molecule is Cc1cc(C(=O)N2CCC(C(C)O)CC2)ccc1O. The van der Waals surface area contributed by atoms with Crippen LogP contribution in [0, 0.1) is 12.8 Å². The first-order chi connectivity index (χ1) is 8.99. The number of aliphatic hydroxyl groups excluding tert-OH is 1. The van der Waals surface area contributed by atoms with Gasteiger partial charge in [0.15, 0.2) is 0 Å². The summed E-state index contributed by atoms with van der Waals surface area (Å²) in [5.41, 5.74) is 1.33. The number of piperidine rings is 1. The van der Waals surface area contributed by atoms with Crippen LogP contribution < -0.4 is 0 Å². The molecule has 1 fully saturated rings. The van der Waals surface area contributed by atoms with Crippen molar-refractivity contribution in [2.75, 3.05) is 13.1 Å². The lowest BCUT2D eigenvalue weighted by molar-refractivity contribution is 0.0521. The Bertz CT molecular complexity index is 462. The van der Waals surface area contributed by atoms with E-state index in [1.54, 1.807) is 25.1 Å². The molecule has 1 aliphatic rings. The van der Waals surface area contributed by atoms with Gasteiger partial charge in [-0.3, -0.25) is 4.79 Å². The predicted molar refractivity (Wildman–Crippen MR) is 73.2 cm³/mol. The molecule has 2 rings (SSSR count). The number of rotatable bonds is 2. The van der Waals surface area contributed by atoms with Crippen molar-refractivity contribution in [3.8, 4) is 5.75 Å². The van der Waals surface area contributed by atoms with Gasteiger partial charge in [-0.05, 0) is 56.4 Å². The molecule has 0 bridgehead atoms. The number of hydrogen-bond acceptors (Lipinski definition) is 3. The normalized spacial score (nSPS) is 18.4. The molecule has 1 saturated heterocycles. The molecule has 1 aromatic rings. The van der Waals surface area contributed by atoms with E-state index in [-0.39, 0.29) is 17.8 Å². The molecule has 19 heavy (non-hydrogen) atoms. The Hall–Kier alpha value is -1.55. The van der Waals surface area contributed by atoms with E-state index in [0.29, 0.717) is 30.1 Å². The Balaban J connectivity index is 2.03. The van der Waals surface area contributed by atoms with Crippen molar-refractivity contribution < 1.29 is 15.0 Å². The summed E-state index contributed by atoms with van der Waals surface area (Å²) in [6, 6.07) is 4.94. The van der Waals surface area contributed by atoms with Gasteiger partial charge in [-0.15, -0.1) is 0 Å². The van der Waals surface area contributed by atoms with E-state index in [9.17, 15) is 15.0 Å². The van der Waals surface area contributed by atoms with Gasteiger partial charge in [0, 0.05) is 18.7 Å². The number of likely N-dealkylation sites (tertiary alicyclic amines) is 1. The number of phenolic OH excluding ortho intramolecular Hbond substituents is 1. The fourth-order valence-corrected chi connectivity index (χ4v) is 2.56. The lowest BCUT2D eigenvalue weighted by Gasteiger charge is -2.33. The second-order valence-corrected chi connectivity index (χ2v) is 5.37. The molecule has 1 heterocycles. The summed E-state index contributed by atoms with van der Waals surface area (Å²) in [5, 5.41) is 19.0. The Kier molecular flexibility index (Phi) is 4.10. The second kappa shape index (κ2) is 5.61. The third-order valence-corrected chi connectivity index (χ3v) is 3.95. The number of carbonyl (C=O) groups is 1. The standard InChI is InChI=1S/C15H21NO3/c1-10-9-13(3-4-14(10)18)15(19)16-7-5-12(6-8-16)11(2)17/h3-4,9,11-12,17-18H,5-8H2,1-2H3. The van der Waals surface area contributed by atoms with Gasteiger partial charge in [-0.2, -0.15) is 0 Å². The highest BCUT2D eigenvalue weighted by Crippen LogP contribution is 2.23. The summed E-state index contributed by atoms with van der Waals surface area (Å²) in [4.78, 5) is 14.1. The van der Waals surface area contributed by atoms with Crippen molar-refractivity contribution in [1.29, 1.82) is 0 Å². The van der Waals surface area contributed by atoms with E-state index in [4.69, 9.17) is 0 Å². The van der Waals surface area contributed by atoms with Crippen LogP contribution in [-0.2, 0) is 0 Å². The van der Waals surface area contributed by atoms with Gasteiger partial charge in [0.05, 0.1) is 6.10 Å². The van der Waals surface area contributed by atoms with Crippen LogP contribution >= 0.6 is 0 Å². The number of amides is 1. The fourth-order valence-electron chi connectivity index (χ4n) is 2.56. The van der Waals surface area contributed by atoms with Crippen LogP contribution in [0.25, 0.3) is 0 Å². The monoisotopic (exact) mass is 263 g/mol. The van der Waals surface area contributed by atoms with Gasteiger partial charge >= 0.3 is 0 Å². The van der Waals surface area contributed by atoms with E-state index in [1.165, 1.54) is 0 Å². The summed E-state index contributed by atoms with van der Waals surface area (Å²) < 4.78 is 0. The van der Waals surface area contributed by atoms with Gasteiger partial charge in [-0.1, -0.05) is 0 Å². The van der Waals surface area contributed by atoms with Crippen molar-refractivity contribution in [1.82, 2.24) is 4.90 Å². The van der Waals surface area contributed by atoms with Gasteiger partial charge in [0.1, 0.15) is 5.75 Å². The largest absolute Gasteiger partial charge is 0.508 e. The lowest BCUT2D eigenvalue weighted by Crippen LogP contribution is -2.40. The molecular formula is C15H21NO3. The third-order valence-electron chi connectivity index (χ3n) is 3.95. The van der Waals surface area contributed by atoms with Crippen LogP contribution in [0.1, 0.15) is 35.7 Å². The van der Waals surface area contributed by atoms with E-state index in [1.807, 2.05) is 11.8 Å². The molecule has 4 heteroatoms. The first-order valence-electron chi connectivity index (χ1n) is 6.76. The first kappa shape index (κ1) is 13.9. The number of aromatic hydroxyl groups is 1. The molecule has 104 valence electrons. The summed E-state index contributed by atoms with van der Waals surface area (Å²) in [6.07, 6.45) is 1.40. The molecular weight excluding hydrogens is 242 g/mol. The van der Waals surface area contributed by atoms with Crippen molar-refractivity contribution in [3.05, 3.63) is 29.3 Å². The van der Waals surface area contributed by atoms with Crippen LogP contribution in [0.2, 0.25) is 0 Å². The number of nitrogens with zero attached hydrogens (tertiary/aromatic N) is 1. The number of phenols is 1. The second-order valence-electron chi connectivity index (χ2n) is 5.37. The maximum Gasteiger partial charge on any atom is 0.253 e. The molecule has 1 atom stereocenters. The van der Waals surface area contributed by atoms with Gasteiger partial charge in [0.25, 0.3) is 5.91 Å². The Morgan fingerprint density at radius 1 is 1.37 bits per heavy atom. The minimum absolute atomic E-state index is 0.00661. The van der Waals surface area contributed by atoms with Crippen molar-refractivity contribution in [3.63, 3.8) is 0 Å². The number of aliphatic hydroxyl groups is 1. The first-order valence-corrected chi connectivity index (χ1v) is 6.76. The summed E-state index contributed by atoms with van der Waals surface area (Å²) >= 11 is 0. The molecule has 1 aromatic carbocycles. The van der Waals surface area contributed by atoms with Crippen LogP contribution in [-0.4, -0.2) is 40.2 Å². The predicted octanol–water partition coefficient (Wildman–Crippen LogP) is 1.93. The van der Waals surface area contributed by atoms with Gasteiger partial charge in [-0.25, -0.2) is 0 Å². The topological polar surface area (TPSA) is 60.8 Å². The van der Waals surface area contributed by atoms with E-state index < -0.39 is 0 Å². The van der Waals surface area contributed by atoms with E-state index >= 15 is 0 Å². The highest BCUT2D eigenvalue weighted by Gasteiger charge is 2.26. The van der Waals surface area contributed by atoms with Crippen molar-refractivity contribution >= 4 is 5.91 Å². The molecule has 0 aromatic heterocycles. The number of carbonyl (C=O) groups excluding carboxylic acids is 1. The highest BCUT2D eigenvalue weighted by atomic mass is 16.3. The van der Waals surface area contributed by atoms with Crippen LogP contribution in [0.4, 0.5) is 0 Å². The smallest absolute Gasteiger partial charge is 0.253 e. The molecule has 1 unspecified atom stereocenters. The summed E-state index contributed by atoms with van der Waals surface area (Å²) in [6.45, 7) is 4.97. The maximum atomic E-state index is 12.3. The minimum Gasteiger partial charge on any atom is -0.508 e. The molecule has 0 saturated carbocycles. The average Bonchev–Trinajstić information content (AvgIpc) is 2.41. The molecule has 4 nitrogen and oxygen atoms in total. The molecule has 2 N–H and O–H groups in total. The molecule has 0 radical (unpaired) electrons. The molecule has 1 amide bonds. The zero-order valence-electron chi connectivity index (χ0n) is 11.5. The lowest BCUT2D eigenvalue weighted by atomic mass is 9.92. The van der Waals surface area contributed by atoms with Gasteiger partial charge in [0.2, 0.25) is 0 Å². The fraction of sp³-hybridized carbons (Fsp3) is 0.533. The number of aryl methyl sites for hydroxylation is 1. The quantitative estimate of drug-likeness (QED) is 0.857. The zero-order valence-corrected chi connectivity index (χ0v) is 11.5. The van der Waals surface area contributed by atoms with Crippen LogP contribution in [0.3, 0.4) is 0 Å². The van der Waals surface area contributed by atoms with Crippen LogP contribution in [0.15, 0.2) is 18.2 Å². The summed E-state index contributed by atoms with van der Waals surface area (Å²) in [5.74, 6) is 0.516. The minimum atomic E-state index is -0.298.